The number of ether oxygens (including phenoxy) is 1. The highest BCUT2D eigenvalue weighted by molar-refractivity contribution is 7.89. The molecule has 0 aromatic heterocycles. The predicted molar refractivity (Wildman–Crippen MR) is 139 cm³/mol. The Morgan fingerprint density at radius 3 is 2.63 bits per heavy atom. The zero-order chi connectivity index (χ0) is 24.9. The highest BCUT2D eigenvalue weighted by Gasteiger charge is 2.45. The Morgan fingerprint density at radius 1 is 1.17 bits per heavy atom. The van der Waals surface area contributed by atoms with Gasteiger partial charge in [-0.3, -0.25) is 9.79 Å². The highest BCUT2D eigenvalue weighted by atomic mass is 35.5. The van der Waals surface area contributed by atoms with Crippen LogP contribution in [0.1, 0.15) is 49.3 Å². The van der Waals surface area contributed by atoms with Crippen molar-refractivity contribution >= 4 is 33.2 Å². The van der Waals surface area contributed by atoms with Crippen molar-refractivity contribution in [3.63, 3.8) is 0 Å². The Bertz CT molecular complexity index is 1190. The first kappa shape index (κ1) is 25.7. The minimum atomic E-state index is -3.41. The molecular formula is C26H32ClN3O4S. The molecule has 0 saturated heterocycles. The quantitative estimate of drug-likeness (QED) is 0.445. The third kappa shape index (κ3) is 6.05. The van der Waals surface area contributed by atoms with Crippen LogP contribution in [0.15, 0.2) is 47.5 Å². The summed E-state index contributed by atoms with van der Waals surface area (Å²) in [6.45, 7) is 2.84. The van der Waals surface area contributed by atoms with Crippen LogP contribution in [0, 0.1) is 0 Å². The minimum absolute atomic E-state index is 0.00627. The maximum atomic E-state index is 11.9. The van der Waals surface area contributed by atoms with E-state index in [4.69, 9.17) is 21.3 Å². The average Bonchev–Trinajstić information content (AvgIpc) is 2.81. The smallest absolute Gasteiger partial charge is 0.235 e. The van der Waals surface area contributed by atoms with Crippen LogP contribution in [0.4, 0.5) is 0 Å². The Labute approximate surface area is 212 Å². The van der Waals surface area contributed by atoms with Gasteiger partial charge in [0.05, 0.1) is 24.6 Å². The van der Waals surface area contributed by atoms with Crippen molar-refractivity contribution in [1.82, 2.24) is 10.0 Å². The lowest BCUT2D eigenvalue weighted by atomic mass is 9.59. The van der Waals surface area contributed by atoms with Gasteiger partial charge in [0.15, 0.2) is 0 Å². The summed E-state index contributed by atoms with van der Waals surface area (Å²) in [6, 6.07) is 14.2. The number of nitrogens with one attached hydrogen (secondary N) is 2. The summed E-state index contributed by atoms with van der Waals surface area (Å²) < 4.78 is 31.5. The Hall–Kier alpha value is -2.42. The van der Waals surface area contributed by atoms with Gasteiger partial charge in [-0.15, -0.1) is 0 Å². The van der Waals surface area contributed by atoms with Crippen molar-refractivity contribution in [1.29, 1.82) is 0 Å². The molecule has 4 rings (SSSR count). The Kier molecular flexibility index (Phi) is 8.14. The van der Waals surface area contributed by atoms with Crippen LogP contribution in [0.2, 0.25) is 5.02 Å². The van der Waals surface area contributed by atoms with Crippen LogP contribution in [-0.4, -0.2) is 52.0 Å². The van der Waals surface area contributed by atoms with Gasteiger partial charge in [0.25, 0.3) is 0 Å². The monoisotopic (exact) mass is 517 g/mol. The predicted octanol–water partition coefficient (Wildman–Crippen LogP) is 3.63. The number of carbonyl (C=O) groups excluding carboxylic acids is 1. The molecule has 9 heteroatoms. The lowest BCUT2D eigenvalue weighted by Gasteiger charge is -2.45. The molecule has 0 atom stereocenters. The van der Waals surface area contributed by atoms with Crippen molar-refractivity contribution in [2.45, 2.75) is 44.4 Å². The summed E-state index contributed by atoms with van der Waals surface area (Å²) in [5.41, 5.74) is 4.71. The van der Waals surface area contributed by atoms with Crippen molar-refractivity contribution in [2.75, 3.05) is 32.0 Å². The molecule has 2 N–H and O–H groups in total. The Balaban J connectivity index is 1.38. The van der Waals surface area contributed by atoms with Crippen molar-refractivity contribution < 1.29 is 17.9 Å². The molecule has 7 nitrogen and oxygen atoms in total. The Morgan fingerprint density at radius 2 is 1.94 bits per heavy atom. The lowest BCUT2D eigenvalue weighted by Crippen LogP contribution is -2.44. The first-order valence-corrected chi connectivity index (χ1v) is 14.2. The zero-order valence-corrected chi connectivity index (χ0v) is 21.6. The minimum Gasteiger partial charge on any atom is -0.492 e. The van der Waals surface area contributed by atoms with Gasteiger partial charge in [-0.1, -0.05) is 43.1 Å². The molecule has 1 fully saturated rings. The van der Waals surface area contributed by atoms with Gasteiger partial charge in [-0.2, -0.15) is 0 Å². The van der Waals surface area contributed by atoms with Crippen LogP contribution in [-0.2, 0) is 26.7 Å². The maximum absolute atomic E-state index is 11.9. The van der Waals surface area contributed by atoms with E-state index in [-0.39, 0.29) is 36.8 Å². The molecule has 1 aliphatic carbocycles. The second-order valence-electron chi connectivity index (χ2n) is 9.08. The molecule has 0 bridgehead atoms. The molecule has 2 aromatic rings. The molecule has 2 aromatic carbocycles. The van der Waals surface area contributed by atoms with Crippen LogP contribution in [0.5, 0.6) is 5.75 Å². The molecule has 1 aliphatic heterocycles. The third-order valence-electron chi connectivity index (χ3n) is 6.66. The largest absolute Gasteiger partial charge is 0.492 e. The zero-order valence-electron chi connectivity index (χ0n) is 20.0. The SMILES string of the molecule is CCCS(=O)(=O)NCC(=O)NCCOc1ccc2c(c1)C(C1(c3ccc(Cl)cc3)CCC1)=NCC2. The van der Waals surface area contributed by atoms with Gasteiger partial charge in [-0.05, 0) is 61.1 Å². The fourth-order valence-electron chi connectivity index (χ4n) is 4.77. The molecule has 188 valence electrons. The first-order chi connectivity index (χ1) is 16.8. The topological polar surface area (TPSA) is 96.9 Å². The summed E-state index contributed by atoms with van der Waals surface area (Å²) in [5.74, 6) is 0.344. The number of nitrogens with zero attached hydrogens (tertiary/aromatic N) is 1. The van der Waals surface area contributed by atoms with Gasteiger partial charge in [0.1, 0.15) is 12.4 Å². The summed E-state index contributed by atoms with van der Waals surface area (Å²) in [5, 5.41) is 3.41. The van der Waals surface area contributed by atoms with E-state index in [1.165, 1.54) is 17.5 Å². The first-order valence-electron chi connectivity index (χ1n) is 12.1. The van der Waals surface area contributed by atoms with Gasteiger partial charge >= 0.3 is 0 Å². The van der Waals surface area contributed by atoms with Crippen molar-refractivity contribution in [3.05, 3.63) is 64.2 Å². The van der Waals surface area contributed by atoms with E-state index in [2.05, 4.69) is 34.3 Å². The lowest BCUT2D eigenvalue weighted by molar-refractivity contribution is -0.120. The summed E-state index contributed by atoms with van der Waals surface area (Å²) >= 11 is 6.14. The van der Waals surface area contributed by atoms with E-state index < -0.39 is 10.0 Å². The van der Waals surface area contributed by atoms with Crippen molar-refractivity contribution in [3.8, 4) is 5.75 Å². The number of sulfonamides is 1. The van der Waals surface area contributed by atoms with Gasteiger partial charge < -0.3 is 10.1 Å². The normalized spacial score (nSPS) is 16.6. The molecule has 35 heavy (non-hydrogen) atoms. The number of hydrogen-bond acceptors (Lipinski definition) is 5. The molecular weight excluding hydrogens is 486 g/mol. The number of aliphatic imine (C=N–C) groups is 1. The summed E-state index contributed by atoms with van der Waals surface area (Å²) in [7, 11) is -3.41. The van der Waals surface area contributed by atoms with E-state index in [0.717, 1.165) is 47.9 Å². The standard InChI is InChI=1S/C26H32ClN3O4S/c1-2-16-35(32,33)30-18-24(31)28-14-15-34-22-9-4-19-10-13-29-25(23(19)17-22)26(11-3-12-26)20-5-7-21(27)8-6-20/h4-9,17,30H,2-3,10-16,18H2,1H3,(H,28,31). The molecule has 0 spiro atoms. The number of amides is 1. The fraction of sp³-hybridized carbons (Fsp3) is 0.462. The van der Waals surface area contributed by atoms with Gasteiger partial charge in [0.2, 0.25) is 15.9 Å². The van der Waals surface area contributed by atoms with Gasteiger partial charge in [-0.25, -0.2) is 13.1 Å². The number of benzene rings is 2. The van der Waals surface area contributed by atoms with Crippen LogP contribution < -0.4 is 14.8 Å². The van der Waals surface area contributed by atoms with E-state index in [1.807, 2.05) is 18.2 Å². The number of fused-ring (bicyclic) bond motifs is 1. The number of rotatable bonds is 11. The second-order valence-corrected chi connectivity index (χ2v) is 11.4. The average molecular weight is 518 g/mol. The summed E-state index contributed by atoms with van der Waals surface area (Å²) in [4.78, 5) is 16.9. The highest BCUT2D eigenvalue weighted by Crippen LogP contribution is 2.48. The van der Waals surface area contributed by atoms with E-state index in [1.54, 1.807) is 6.92 Å². The molecule has 0 unspecified atom stereocenters. The second kappa shape index (κ2) is 11.1. The van der Waals surface area contributed by atoms with Gasteiger partial charge in [0, 0.05) is 22.5 Å². The summed E-state index contributed by atoms with van der Waals surface area (Å²) in [6.07, 6.45) is 4.69. The molecule has 1 heterocycles. The maximum Gasteiger partial charge on any atom is 0.235 e. The van der Waals surface area contributed by atoms with E-state index in [0.29, 0.717) is 6.42 Å². The third-order valence-corrected chi connectivity index (χ3v) is 8.45. The van der Waals surface area contributed by atoms with Crippen molar-refractivity contribution in [2.24, 2.45) is 4.99 Å². The molecule has 2 aliphatic rings. The van der Waals surface area contributed by atoms with Crippen LogP contribution in [0.3, 0.4) is 0 Å². The molecule has 1 amide bonds. The van der Waals surface area contributed by atoms with Crippen LogP contribution in [0.25, 0.3) is 0 Å². The van der Waals surface area contributed by atoms with E-state index >= 15 is 0 Å². The van der Waals surface area contributed by atoms with Crippen LogP contribution >= 0.6 is 11.6 Å². The number of hydrogen-bond donors (Lipinski definition) is 2. The number of carbonyl (C=O) groups is 1. The molecule has 1 saturated carbocycles. The molecule has 0 radical (unpaired) electrons. The fourth-order valence-corrected chi connectivity index (χ4v) is 5.92. The van der Waals surface area contributed by atoms with E-state index in [9.17, 15) is 13.2 Å². The number of halogens is 1.